The van der Waals surface area contributed by atoms with Crippen molar-refractivity contribution in [1.29, 1.82) is 0 Å². The molecule has 186 valence electrons. The fraction of sp³-hybridized carbons (Fsp3) is 0.296. The quantitative estimate of drug-likeness (QED) is 0.214. The molecule has 0 aliphatic heterocycles. The highest BCUT2D eigenvalue weighted by Crippen LogP contribution is 2.35. The molecular weight excluding hydrogens is 472 g/mol. The Hall–Kier alpha value is -3.75. The average Bonchev–Trinajstić information content (AvgIpc) is 3.53. The third-order valence-corrected chi connectivity index (χ3v) is 6.33. The zero-order valence-corrected chi connectivity index (χ0v) is 19.6. The maximum atomic E-state index is 13.5. The summed E-state index contributed by atoms with van der Waals surface area (Å²) in [4.78, 5) is 17.0. The molecule has 36 heavy (non-hydrogen) atoms. The molecule has 1 fully saturated rings. The summed E-state index contributed by atoms with van der Waals surface area (Å²) in [6.45, 7) is 1.56. The molecule has 2 aromatic carbocycles. The van der Waals surface area contributed by atoms with Crippen molar-refractivity contribution in [2.45, 2.75) is 38.8 Å². The van der Waals surface area contributed by atoms with Gasteiger partial charge in [0.2, 0.25) is 0 Å². The third-order valence-electron chi connectivity index (χ3n) is 6.33. The number of aromatic nitrogens is 3. The van der Waals surface area contributed by atoms with Crippen LogP contribution in [0.1, 0.15) is 41.6 Å². The molecule has 0 unspecified atom stereocenters. The van der Waals surface area contributed by atoms with Gasteiger partial charge in [0.25, 0.3) is 0 Å². The molecule has 4 aromatic rings. The maximum Gasteiger partial charge on any atom is 0.390 e. The van der Waals surface area contributed by atoms with E-state index < -0.39 is 18.4 Å². The molecule has 5 rings (SSSR count). The van der Waals surface area contributed by atoms with E-state index >= 15 is 0 Å². The summed E-state index contributed by atoms with van der Waals surface area (Å²) >= 11 is 0. The van der Waals surface area contributed by atoms with Gasteiger partial charge in [0.15, 0.2) is 11.4 Å². The lowest BCUT2D eigenvalue weighted by molar-refractivity contribution is -0.131. The first-order chi connectivity index (χ1) is 17.2. The van der Waals surface area contributed by atoms with Gasteiger partial charge in [0.1, 0.15) is 5.82 Å². The number of ketones is 1. The molecule has 0 amide bonds. The number of benzene rings is 2. The number of alkyl halides is 3. The summed E-state index contributed by atoms with van der Waals surface area (Å²) in [5, 5.41) is 7.49. The van der Waals surface area contributed by atoms with Crippen molar-refractivity contribution in [1.82, 2.24) is 14.6 Å². The lowest BCUT2D eigenvalue weighted by Gasteiger charge is -2.13. The Kier molecular flexibility index (Phi) is 6.24. The van der Waals surface area contributed by atoms with Crippen molar-refractivity contribution in [3.8, 4) is 22.5 Å². The van der Waals surface area contributed by atoms with E-state index in [-0.39, 0.29) is 12.3 Å². The van der Waals surface area contributed by atoms with Crippen LogP contribution in [0, 0.1) is 18.7 Å². The van der Waals surface area contributed by atoms with E-state index in [0.717, 1.165) is 24.0 Å². The van der Waals surface area contributed by atoms with E-state index in [1.54, 1.807) is 35.0 Å². The van der Waals surface area contributed by atoms with Gasteiger partial charge in [-0.1, -0.05) is 12.1 Å². The molecule has 9 heteroatoms. The minimum absolute atomic E-state index is 0.132. The summed E-state index contributed by atoms with van der Waals surface area (Å²) in [5.74, 6) is 0.221. The molecule has 1 aliphatic carbocycles. The number of hydrogen-bond donors (Lipinski definition) is 1. The second kappa shape index (κ2) is 9.37. The van der Waals surface area contributed by atoms with Crippen LogP contribution in [-0.4, -0.2) is 33.1 Å². The van der Waals surface area contributed by atoms with Crippen molar-refractivity contribution >= 4 is 17.1 Å². The molecule has 2 aromatic heterocycles. The van der Waals surface area contributed by atoms with Crippen molar-refractivity contribution in [3.63, 3.8) is 0 Å². The van der Waals surface area contributed by atoms with Crippen LogP contribution < -0.4 is 5.32 Å². The highest BCUT2D eigenvalue weighted by molar-refractivity contribution is 5.98. The zero-order valence-electron chi connectivity index (χ0n) is 19.6. The van der Waals surface area contributed by atoms with E-state index in [4.69, 9.17) is 0 Å². The summed E-state index contributed by atoms with van der Waals surface area (Å²) in [6, 6.07) is 12.9. The predicted molar refractivity (Wildman–Crippen MR) is 129 cm³/mol. The van der Waals surface area contributed by atoms with Crippen LogP contribution in [0.2, 0.25) is 0 Å². The Labute approximate surface area is 205 Å². The first-order valence-corrected chi connectivity index (χ1v) is 11.8. The lowest BCUT2D eigenvalue weighted by Crippen LogP contribution is -2.15. The van der Waals surface area contributed by atoms with Crippen LogP contribution in [0.3, 0.4) is 0 Å². The summed E-state index contributed by atoms with van der Waals surface area (Å²) < 4.78 is 53.3. The number of rotatable bonds is 8. The Morgan fingerprint density at radius 1 is 1.08 bits per heavy atom. The van der Waals surface area contributed by atoms with Crippen LogP contribution in [0.15, 0.2) is 54.7 Å². The fourth-order valence-electron chi connectivity index (χ4n) is 4.23. The van der Waals surface area contributed by atoms with Crippen LogP contribution in [0.25, 0.3) is 28.2 Å². The molecular formula is C27H24F4N4O. The Balaban J connectivity index is 1.55. The highest BCUT2D eigenvalue weighted by atomic mass is 19.4. The van der Waals surface area contributed by atoms with E-state index in [1.165, 1.54) is 12.1 Å². The number of imidazole rings is 1. The highest BCUT2D eigenvalue weighted by Gasteiger charge is 2.27. The van der Waals surface area contributed by atoms with Crippen molar-refractivity contribution in [3.05, 3.63) is 71.7 Å². The normalized spacial score (nSPS) is 13.8. The summed E-state index contributed by atoms with van der Waals surface area (Å²) in [6.07, 6.45) is -0.931. The van der Waals surface area contributed by atoms with Crippen LogP contribution >= 0.6 is 0 Å². The van der Waals surface area contributed by atoms with Crippen LogP contribution in [-0.2, 0) is 0 Å². The monoisotopic (exact) mass is 496 g/mol. The molecule has 1 N–H and O–H groups in total. The van der Waals surface area contributed by atoms with Gasteiger partial charge < -0.3 is 5.32 Å². The Morgan fingerprint density at radius 3 is 2.47 bits per heavy atom. The molecule has 2 heterocycles. The number of carbonyl (C=O) groups is 1. The minimum Gasteiger partial charge on any atom is -0.382 e. The molecule has 1 saturated carbocycles. The number of nitrogens with one attached hydrogen (secondary N) is 1. The summed E-state index contributed by atoms with van der Waals surface area (Å²) in [7, 11) is 0. The molecule has 0 radical (unpaired) electrons. The number of Topliss-reactive ketones (excluding diaryl/α,β-unsaturated/α-hetero) is 1. The van der Waals surface area contributed by atoms with Crippen LogP contribution in [0.4, 0.5) is 23.2 Å². The van der Waals surface area contributed by atoms with Gasteiger partial charge in [0, 0.05) is 29.7 Å². The first-order valence-electron chi connectivity index (χ1n) is 11.8. The van der Waals surface area contributed by atoms with Crippen molar-refractivity contribution in [2.24, 2.45) is 5.92 Å². The number of fused-ring (bicyclic) bond motifs is 1. The molecule has 5 nitrogen and oxygen atoms in total. The molecule has 0 atom stereocenters. The number of hydrogen-bond acceptors (Lipinski definition) is 4. The standard InChI is InChI=1S/C27H24F4N4O/c1-16-12-19(6-9-21(16)25(36)13-17-2-3-17)24-15-33-26-23(32-11-10-27(29,30)31)14-22(34-35(24)26)18-4-7-20(28)8-5-18/h4-9,12,14-15,17,32H,2-3,10-11,13H2,1H3. The largest absolute Gasteiger partial charge is 0.390 e. The fourth-order valence-corrected chi connectivity index (χ4v) is 4.23. The lowest BCUT2D eigenvalue weighted by atomic mass is 9.98. The average molecular weight is 497 g/mol. The maximum absolute atomic E-state index is 13.5. The van der Waals surface area contributed by atoms with Crippen molar-refractivity contribution < 1.29 is 22.4 Å². The number of halogens is 4. The van der Waals surface area contributed by atoms with Gasteiger partial charge in [-0.05, 0) is 67.6 Å². The van der Waals surface area contributed by atoms with Gasteiger partial charge >= 0.3 is 6.18 Å². The van der Waals surface area contributed by atoms with E-state index in [2.05, 4.69) is 15.4 Å². The Morgan fingerprint density at radius 2 is 1.81 bits per heavy atom. The number of aryl methyl sites for hydroxylation is 1. The number of anilines is 1. The number of carbonyl (C=O) groups excluding carboxylic acids is 1. The summed E-state index contributed by atoms with van der Waals surface area (Å²) in [5.41, 5.74) is 4.72. The first kappa shape index (κ1) is 24.0. The molecule has 0 saturated heterocycles. The number of nitrogens with zero attached hydrogens (tertiary/aromatic N) is 3. The Bertz CT molecular complexity index is 1420. The molecule has 0 spiro atoms. The predicted octanol–water partition coefficient (Wildman–Crippen LogP) is 6.86. The van der Waals surface area contributed by atoms with E-state index in [0.29, 0.717) is 46.2 Å². The SMILES string of the molecule is Cc1cc(-c2cnc3c(NCCC(F)(F)F)cc(-c4ccc(F)cc4)nn23)ccc1C(=O)CC1CC1. The topological polar surface area (TPSA) is 59.3 Å². The molecule has 1 aliphatic rings. The molecule has 0 bridgehead atoms. The van der Waals surface area contributed by atoms with Crippen LogP contribution in [0.5, 0.6) is 0 Å². The van der Waals surface area contributed by atoms with Gasteiger partial charge in [0.05, 0.1) is 29.7 Å². The zero-order chi connectivity index (χ0) is 25.4. The second-order valence-corrected chi connectivity index (χ2v) is 9.22. The van der Waals surface area contributed by atoms with Gasteiger partial charge in [-0.15, -0.1) is 0 Å². The van der Waals surface area contributed by atoms with Gasteiger partial charge in [-0.25, -0.2) is 13.9 Å². The van der Waals surface area contributed by atoms with Gasteiger partial charge in [-0.3, -0.25) is 4.79 Å². The van der Waals surface area contributed by atoms with E-state index in [1.807, 2.05) is 19.1 Å². The van der Waals surface area contributed by atoms with E-state index in [9.17, 15) is 22.4 Å². The smallest absolute Gasteiger partial charge is 0.382 e. The minimum atomic E-state index is -4.30. The van der Waals surface area contributed by atoms with Crippen molar-refractivity contribution in [2.75, 3.05) is 11.9 Å². The third kappa shape index (κ3) is 5.24. The second-order valence-electron chi connectivity index (χ2n) is 9.22. The van der Waals surface area contributed by atoms with Gasteiger partial charge in [-0.2, -0.15) is 18.3 Å².